The van der Waals surface area contributed by atoms with Gasteiger partial charge in [-0.3, -0.25) is 4.79 Å². The predicted molar refractivity (Wildman–Crippen MR) is 95.4 cm³/mol. The van der Waals surface area contributed by atoms with Crippen LogP contribution in [0.15, 0.2) is 29.2 Å². The lowest BCUT2D eigenvalue weighted by atomic mass is 10.2. The Kier molecular flexibility index (Phi) is 8.22. The summed E-state index contributed by atoms with van der Waals surface area (Å²) in [6.07, 6.45) is 1.02. The van der Waals surface area contributed by atoms with Gasteiger partial charge >= 0.3 is 0 Å². The first-order valence-corrected chi connectivity index (χ1v) is 9.41. The lowest BCUT2D eigenvalue weighted by Crippen LogP contribution is -2.36. The van der Waals surface area contributed by atoms with Crippen molar-refractivity contribution in [2.75, 3.05) is 13.1 Å². The average molecular weight is 423 g/mol. The molecule has 1 aromatic rings. The Labute approximate surface area is 142 Å². The van der Waals surface area contributed by atoms with E-state index < -0.39 is 0 Å². The Balaban J connectivity index is 2.68. The highest BCUT2D eigenvalue weighted by atomic mass is 79.9. The fourth-order valence-corrected chi connectivity index (χ4v) is 3.24. The second kappa shape index (κ2) is 9.11. The third-order valence-corrected chi connectivity index (χ3v) is 4.26. The summed E-state index contributed by atoms with van der Waals surface area (Å²) in [4.78, 5) is 15.9. The largest absolute Gasteiger partial charge is 0.331 e. The highest BCUT2D eigenvalue weighted by Gasteiger charge is 2.18. The minimum absolute atomic E-state index is 0.104. The molecule has 0 aliphatic carbocycles. The molecule has 0 saturated carbocycles. The molecule has 2 atom stereocenters. The average Bonchev–Trinajstić information content (AvgIpc) is 2.37. The summed E-state index contributed by atoms with van der Waals surface area (Å²) in [7, 11) is 0. The standard InChI is InChI=1S/C15H21Br2NOS/c1-4-13-5-7-14(8-6-13)20-15(19)18(9-11(2)16)10-12(3)17/h5-8,11-12H,4,9-10H2,1-3H3. The van der Waals surface area contributed by atoms with Gasteiger partial charge in [0.1, 0.15) is 0 Å². The third-order valence-electron chi connectivity index (χ3n) is 2.74. The summed E-state index contributed by atoms with van der Waals surface area (Å²) in [5.41, 5.74) is 1.29. The van der Waals surface area contributed by atoms with Gasteiger partial charge in [-0.2, -0.15) is 0 Å². The number of carbonyl (C=O) groups excluding carboxylic acids is 1. The summed E-state index contributed by atoms with van der Waals surface area (Å²) in [6.45, 7) is 7.67. The molecular formula is C15H21Br2NOS. The van der Waals surface area contributed by atoms with E-state index in [9.17, 15) is 4.79 Å². The van der Waals surface area contributed by atoms with E-state index in [1.807, 2.05) is 17.0 Å². The summed E-state index contributed by atoms with van der Waals surface area (Å²) in [5.74, 6) is 0. The highest BCUT2D eigenvalue weighted by Crippen LogP contribution is 2.23. The molecule has 2 nitrogen and oxygen atoms in total. The van der Waals surface area contributed by atoms with Gasteiger partial charge < -0.3 is 4.90 Å². The Bertz CT molecular complexity index is 410. The molecule has 0 N–H and O–H groups in total. The van der Waals surface area contributed by atoms with Crippen LogP contribution in [0, 0.1) is 0 Å². The first-order chi connectivity index (χ1) is 9.42. The molecule has 5 heteroatoms. The molecule has 0 aliphatic heterocycles. The zero-order valence-corrected chi connectivity index (χ0v) is 16.1. The molecule has 1 rings (SSSR count). The van der Waals surface area contributed by atoms with Crippen LogP contribution < -0.4 is 0 Å². The molecule has 1 aromatic carbocycles. The first-order valence-electron chi connectivity index (χ1n) is 6.76. The first kappa shape index (κ1) is 18.1. The number of amides is 1. The van der Waals surface area contributed by atoms with E-state index in [0.717, 1.165) is 24.4 Å². The van der Waals surface area contributed by atoms with Gasteiger partial charge in [-0.15, -0.1) is 0 Å². The number of nitrogens with zero attached hydrogens (tertiary/aromatic N) is 1. The lowest BCUT2D eigenvalue weighted by molar-refractivity contribution is 0.225. The van der Waals surface area contributed by atoms with Gasteiger partial charge in [-0.05, 0) is 35.9 Å². The molecule has 0 aromatic heterocycles. The number of hydrogen-bond acceptors (Lipinski definition) is 2. The molecular weight excluding hydrogens is 402 g/mol. The smallest absolute Gasteiger partial charge is 0.286 e. The molecule has 2 unspecified atom stereocenters. The second-order valence-electron chi connectivity index (χ2n) is 4.83. The van der Waals surface area contributed by atoms with Crippen molar-refractivity contribution in [1.29, 1.82) is 0 Å². The molecule has 20 heavy (non-hydrogen) atoms. The monoisotopic (exact) mass is 421 g/mol. The van der Waals surface area contributed by atoms with Gasteiger partial charge in [0, 0.05) is 27.6 Å². The maximum absolute atomic E-state index is 12.4. The van der Waals surface area contributed by atoms with Crippen molar-refractivity contribution in [3.8, 4) is 0 Å². The molecule has 0 radical (unpaired) electrons. The SMILES string of the molecule is CCc1ccc(SC(=O)N(CC(C)Br)CC(C)Br)cc1. The number of alkyl halides is 2. The minimum atomic E-state index is 0.104. The quantitative estimate of drug-likeness (QED) is 0.456. The normalized spacial score (nSPS) is 13.8. The molecule has 0 aliphatic rings. The van der Waals surface area contributed by atoms with Crippen molar-refractivity contribution in [1.82, 2.24) is 4.90 Å². The number of aryl methyl sites for hydroxylation is 1. The van der Waals surface area contributed by atoms with Gasteiger partial charge in [-0.1, -0.05) is 64.8 Å². The predicted octanol–water partition coefficient (Wildman–Crippen LogP) is 5.33. The van der Waals surface area contributed by atoms with E-state index >= 15 is 0 Å². The molecule has 0 saturated heterocycles. The van der Waals surface area contributed by atoms with E-state index in [1.165, 1.54) is 17.3 Å². The zero-order valence-electron chi connectivity index (χ0n) is 12.1. The van der Waals surface area contributed by atoms with Crippen molar-refractivity contribution in [2.45, 2.75) is 41.7 Å². The second-order valence-corrected chi connectivity index (χ2v) is 8.98. The van der Waals surface area contributed by atoms with Gasteiger partial charge in [0.2, 0.25) is 0 Å². The van der Waals surface area contributed by atoms with Gasteiger partial charge in [0.15, 0.2) is 0 Å². The van der Waals surface area contributed by atoms with Crippen molar-refractivity contribution in [2.24, 2.45) is 0 Å². The molecule has 0 heterocycles. The third kappa shape index (κ3) is 6.64. The van der Waals surface area contributed by atoms with Crippen LogP contribution in [0.1, 0.15) is 26.3 Å². The van der Waals surface area contributed by atoms with Crippen LogP contribution in [0.25, 0.3) is 0 Å². The van der Waals surface area contributed by atoms with Crippen LogP contribution in [0.3, 0.4) is 0 Å². The van der Waals surface area contributed by atoms with E-state index in [2.05, 4.69) is 64.8 Å². The number of hydrogen-bond donors (Lipinski definition) is 0. The van der Waals surface area contributed by atoms with E-state index in [1.54, 1.807) is 0 Å². The summed E-state index contributed by atoms with van der Waals surface area (Å²) in [5, 5.41) is 0.104. The molecule has 1 amide bonds. The van der Waals surface area contributed by atoms with Gasteiger partial charge in [0.25, 0.3) is 5.24 Å². The maximum atomic E-state index is 12.4. The van der Waals surface area contributed by atoms with Crippen molar-refractivity contribution >= 4 is 48.9 Å². The number of benzene rings is 1. The zero-order chi connectivity index (χ0) is 15.1. The van der Waals surface area contributed by atoms with E-state index in [-0.39, 0.29) is 5.24 Å². The van der Waals surface area contributed by atoms with Gasteiger partial charge in [-0.25, -0.2) is 0 Å². The maximum Gasteiger partial charge on any atom is 0.286 e. The van der Waals surface area contributed by atoms with Crippen LogP contribution in [0.5, 0.6) is 0 Å². The Hall–Kier alpha value is 0. The molecule has 0 bridgehead atoms. The molecule has 112 valence electrons. The topological polar surface area (TPSA) is 20.3 Å². The summed E-state index contributed by atoms with van der Waals surface area (Å²) < 4.78 is 0. The number of halogens is 2. The Morgan fingerprint density at radius 3 is 2.05 bits per heavy atom. The fraction of sp³-hybridized carbons (Fsp3) is 0.533. The van der Waals surface area contributed by atoms with Crippen molar-refractivity contribution in [3.63, 3.8) is 0 Å². The highest BCUT2D eigenvalue weighted by molar-refractivity contribution is 9.09. The van der Waals surface area contributed by atoms with Crippen molar-refractivity contribution < 1.29 is 4.79 Å². The van der Waals surface area contributed by atoms with Crippen LogP contribution in [-0.2, 0) is 6.42 Å². The Morgan fingerprint density at radius 1 is 1.15 bits per heavy atom. The summed E-state index contributed by atoms with van der Waals surface area (Å²) >= 11 is 8.34. The number of rotatable bonds is 6. The Morgan fingerprint density at radius 2 is 1.65 bits per heavy atom. The van der Waals surface area contributed by atoms with Crippen LogP contribution >= 0.6 is 43.6 Å². The van der Waals surface area contributed by atoms with E-state index in [0.29, 0.717) is 9.65 Å². The van der Waals surface area contributed by atoms with Crippen LogP contribution in [0.2, 0.25) is 0 Å². The van der Waals surface area contributed by atoms with Gasteiger partial charge in [0.05, 0.1) is 0 Å². The van der Waals surface area contributed by atoms with Crippen LogP contribution in [0.4, 0.5) is 4.79 Å². The fourth-order valence-electron chi connectivity index (χ4n) is 1.79. The van der Waals surface area contributed by atoms with Crippen LogP contribution in [-0.4, -0.2) is 32.9 Å². The molecule has 0 spiro atoms. The summed E-state index contributed by atoms with van der Waals surface area (Å²) in [6, 6.07) is 8.21. The van der Waals surface area contributed by atoms with E-state index in [4.69, 9.17) is 0 Å². The molecule has 0 fully saturated rings. The number of carbonyl (C=O) groups is 1. The number of thioether (sulfide) groups is 1. The minimum Gasteiger partial charge on any atom is -0.331 e. The van der Waals surface area contributed by atoms with Crippen molar-refractivity contribution in [3.05, 3.63) is 29.8 Å². The lowest BCUT2D eigenvalue weighted by Gasteiger charge is -2.24.